The van der Waals surface area contributed by atoms with Crippen LogP contribution in [0.2, 0.25) is 0 Å². The Hall–Kier alpha value is -2.71. The molecular weight excluding hydrogens is 403 g/mol. The molecule has 0 radical (unpaired) electrons. The average molecular weight is 429 g/mol. The molecule has 1 aliphatic heterocycles. The van der Waals surface area contributed by atoms with Crippen molar-refractivity contribution in [2.75, 3.05) is 32.7 Å². The number of aryl methyl sites for hydroxylation is 1. The van der Waals surface area contributed by atoms with Gasteiger partial charge in [0, 0.05) is 52.2 Å². The van der Waals surface area contributed by atoms with Crippen LogP contribution in [0.25, 0.3) is 0 Å². The summed E-state index contributed by atoms with van der Waals surface area (Å²) in [7, 11) is 1.85. The van der Waals surface area contributed by atoms with Crippen molar-refractivity contribution in [3.63, 3.8) is 0 Å². The molecule has 3 aromatic rings. The molecule has 1 fully saturated rings. The molecule has 0 amide bonds. The van der Waals surface area contributed by atoms with E-state index >= 15 is 0 Å². The fourth-order valence-corrected chi connectivity index (χ4v) is 4.09. The van der Waals surface area contributed by atoms with Crippen LogP contribution in [0.3, 0.4) is 0 Å². The van der Waals surface area contributed by atoms with E-state index in [1.54, 1.807) is 10.9 Å². The SMILES string of the molecule is Cn1nccc1C(c1ccc(C(F)(F)F)cn1)N1CCN(CCc2ccccc2)CC1. The zero-order valence-electron chi connectivity index (χ0n) is 17.5. The van der Waals surface area contributed by atoms with E-state index in [0.29, 0.717) is 5.69 Å². The van der Waals surface area contributed by atoms with Gasteiger partial charge in [-0.3, -0.25) is 14.6 Å². The molecule has 31 heavy (non-hydrogen) atoms. The number of pyridine rings is 1. The summed E-state index contributed by atoms with van der Waals surface area (Å²) in [6.07, 6.45) is -0.748. The fraction of sp³-hybridized carbons (Fsp3) is 0.391. The molecule has 1 aromatic carbocycles. The number of hydrogen-bond donors (Lipinski definition) is 0. The summed E-state index contributed by atoms with van der Waals surface area (Å²) in [5.74, 6) is 0. The van der Waals surface area contributed by atoms with E-state index in [1.165, 1.54) is 11.6 Å². The van der Waals surface area contributed by atoms with Crippen LogP contribution in [-0.4, -0.2) is 57.3 Å². The second-order valence-corrected chi connectivity index (χ2v) is 7.86. The van der Waals surface area contributed by atoms with Gasteiger partial charge in [0.1, 0.15) is 0 Å². The lowest BCUT2D eigenvalue weighted by atomic mass is 10.0. The highest BCUT2D eigenvalue weighted by atomic mass is 19.4. The van der Waals surface area contributed by atoms with Crippen LogP contribution >= 0.6 is 0 Å². The number of benzene rings is 1. The molecule has 1 saturated heterocycles. The zero-order chi connectivity index (χ0) is 21.8. The van der Waals surface area contributed by atoms with Gasteiger partial charge in [-0.1, -0.05) is 30.3 Å². The molecule has 164 valence electrons. The maximum Gasteiger partial charge on any atom is 0.417 e. The number of hydrogen-bond acceptors (Lipinski definition) is 4. The van der Waals surface area contributed by atoms with E-state index in [2.05, 4.69) is 44.1 Å². The van der Waals surface area contributed by atoms with Crippen molar-refractivity contribution in [2.24, 2.45) is 7.05 Å². The third-order valence-corrected chi connectivity index (χ3v) is 5.86. The summed E-state index contributed by atoms with van der Waals surface area (Å²) < 4.78 is 40.7. The van der Waals surface area contributed by atoms with E-state index in [4.69, 9.17) is 0 Å². The number of aromatic nitrogens is 3. The van der Waals surface area contributed by atoms with Crippen LogP contribution in [0.15, 0.2) is 60.9 Å². The van der Waals surface area contributed by atoms with Crippen molar-refractivity contribution in [1.29, 1.82) is 0 Å². The molecule has 8 heteroatoms. The Morgan fingerprint density at radius 3 is 2.29 bits per heavy atom. The normalized spacial score (nSPS) is 17.0. The fourth-order valence-electron chi connectivity index (χ4n) is 4.09. The first kappa shape index (κ1) is 21.5. The summed E-state index contributed by atoms with van der Waals surface area (Å²) >= 11 is 0. The summed E-state index contributed by atoms with van der Waals surface area (Å²) in [5.41, 5.74) is 2.12. The monoisotopic (exact) mass is 429 g/mol. The van der Waals surface area contributed by atoms with E-state index in [-0.39, 0.29) is 6.04 Å². The van der Waals surface area contributed by atoms with Crippen molar-refractivity contribution in [3.05, 3.63) is 83.4 Å². The van der Waals surface area contributed by atoms with Gasteiger partial charge < -0.3 is 4.90 Å². The largest absolute Gasteiger partial charge is 0.417 e. The Morgan fingerprint density at radius 1 is 0.968 bits per heavy atom. The second-order valence-electron chi connectivity index (χ2n) is 7.86. The molecule has 0 saturated carbocycles. The van der Waals surface area contributed by atoms with Crippen molar-refractivity contribution < 1.29 is 13.2 Å². The van der Waals surface area contributed by atoms with Gasteiger partial charge in [0.05, 0.1) is 23.0 Å². The van der Waals surface area contributed by atoms with Crippen LogP contribution in [0.1, 0.15) is 28.6 Å². The highest BCUT2D eigenvalue weighted by Crippen LogP contribution is 2.32. The van der Waals surface area contributed by atoms with Gasteiger partial charge >= 0.3 is 6.18 Å². The Balaban J connectivity index is 1.47. The molecule has 4 rings (SSSR count). The van der Waals surface area contributed by atoms with Gasteiger partial charge in [-0.05, 0) is 30.2 Å². The molecule has 1 atom stereocenters. The lowest BCUT2D eigenvalue weighted by Crippen LogP contribution is -2.48. The highest BCUT2D eigenvalue weighted by Gasteiger charge is 2.33. The summed E-state index contributed by atoms with van der Waals surface area (Å²) in [6, 6.07) is 14.7. The third kappa shape index (κ3) is 5.14. The van der Waals surface area contributed by atoms with Gasteiger partial charge in [-0.25, -0.2) is 0 Å². The van der Waals surface area contributed by atoms with Crippen molar-refractivity contribution in [1.82, 2.24) is 24.6 Å². The van der Waals surface area contributed by atoms with Crippen molar-refractivity contribution in [3.8, 4) is 0 Å². The maximum absolute atomic E-state index is 13.0. The van der Waals surface area contributed by atoms with E-state index in [9.17, 15) is 13.2 Å². The Morgan fingerprint density at radius 2 is 1.71 bits per heavy atom. The first-order valence-electron chi connectivity index (χ1n) is 10.4. The lowest BCUT2D eigenvalue weighted by molar-refractivity contribution is -0.137. The molecule has 3 heterocycles. The quantitative estimate of drug-likeness (QED) is 0.598. The predicted octanol–water partition coefficient (Wildman–Crippen LogP) is 3.78. The van der Waals surface area contributed by atoms with E-state index in [1.807, 2.05) is 19.2 Å². The minimum atomic E-state index is -4.39. The number of alkyl halides is 3. The third-order valence-electron chi connectivity index (χ3n) is 5.86. The van der Waals surface area contributed by atoms with E-state index in [0.717, 1.165) is 57.1 Å². The Bertz CT molecular complexity index is 961. The van der Waals surface area contributed by atoms with Crippen molar-refractivity contribution >= 4 is 0 Å². The molecule has 1 aliphatic rings. The first-order chi connectivity index (χ1) is 14.9. The van der Waals surface area contributed by atoms with Gasteiger partial charge in [-0.15, -0.1) is 0 Å². The number of nitrogens with zero attached hydrogens (tertiary/aromatic N) is 5. The topological polar surface area (TPSA) is 37.2 Å². The molecule has 0 bridgehead atoms. The number of halogens is 3. The average Bonchev–Trinajstić information content (AvgIpc) is 3.19. The zero-order valence-corrected chi connectivity index (χ0v) is 17.5. The minimum Gasteiger partial charge on any atom is -0.300 e. The molecule has 0 aliphatic carbocycles. The second kappa shape index (κ2) is 9.20. The number of piperazine rings is 1. The predicted molar refractivity (Wildman–Crippen MR) is 112 cm³/mol. The van der Waals surface area contributed by atoms with Crippen LogP contribution in [-0.2, 0) is 19.6 Å². The van der Waals surface area contributed by atoms with Crippen LogP contribution < -0.4 is 0 Å². The Kier molecular flexibility index (Phi) is 6.38. The van der Waals surface area contributed by atoms with Crippen LogP contribution in [0.5, 0.6) is 0 Å². The molecule has 0 N–H and O–H groups in total. The van der Waals surface area contributed by atoms with Gasteiger partial charge in [-0.2, -0.15) is 18.3 Å². The Labute approximate surface area is 180 Å². The van der Waals surface area contributed by atoms with Crippen molar-refractivity contribution in [2.45, 2.75) is 18.6 Å². The standard InChI is InChI=1S/C23H26F3N5/c1-29-21(9-11-28-29)22(20-8-7-19(17-27-20)23(24,25)26)31-15-13-30(14-16-31)12-10-18-5-3-2-4-6-18/h2-9,11,17,22H,10,12-16H2,1H3. The van der Waals surface area contributed by atoms with Gasteiger partial charge in [0.2, 0.25) is 0 Å². The van der Waals surface area contributed by atoms with Gasteiger partial charge in [0.25, 0.3) is 0 Å². The first-order valence-corrected chi connectivity index (χ1v) is 10.4. The smallest absolute Gasteiger partial charge is 0.300 e. The van der Waals surface area contributed by atoms with E-state index < -0.39 is 11.7 Å². The van der Waals surface area contributed by atoms with Crippen LogP contribution in [0.4, 0.5) is 13.2 Å². The lowest BCUT2D eigenvalue weighted by Gasteiger charge is -2.39. The highest BCUT2D eigenvalue weighted by molar-refractivity contribution is 5.26. The maximum atomic E-state index is 13.0. The molecule has 0 spiro atoms. The number of rotatable bonds is 6. The minimum absolute atomic E-state index is 0.231. The molecule has 5 nitrogen and oxygen atoms in total. The van der Waals surface area contributed by atoms with Gasteiger partial charge in [0.15, 0.2) is 0 Å². The summed E-state index contributed by atoms with van der Waals surface area (Å²) in [4.78, 5) is 8.91. The molecule has 2 aromatic heterocycles. The summed E-state index contributed by atoms with van der Waals surface area (Å²) in [6.45, 7) is 4.43. The molecule has 1 unspecified atom stereocenters. The molecular formula is C23H26F3N5. The summed E-state index contributed by atoms with van der Waals surface area (Å²) in [5, 5.41) is 4.26. The van der Waals surface area contributed by atoms with Crippen LogP contribution in [0, 0.1) is 0 Å².